The molecule has 3 fully saturated rings. The summed E-state index contributed by atoms with van der Waals surface area (Å²) in [5.41, 5.74) is 3.63. The average molecular weight is 510 g/mol. The SMILES string of the molecule is CC(C)C1CN(C(=O)c2cccc(Nc3ccc(C(=O)N=C4NCCN4)cc3C3CC3)c2Cl)CCO1. The number of halogens is 1. The van der Waals surface area contributed by atoms with E-state index < -0.39 is 0 Å². The quantitative estimate of drug-likeness (QED) is 0.541. The van der Waals surface area contributed by atoms with Crippen LogP contribution in [0.1, 0.15) is 58.9 Å². The van der Waals surface area contributed by atoms with Gasteiger partial charge in [-0.1, -0.05) is 31.5 Å². The normalized spacial score (nSPS) is 19.6. The number of nitrogens with one attached hydrogen (secondary N) is 3. The zero-order valence-corrected chi connectivity index (χ0v) is 21.4. The Bertz CT molecular complexity index is 1190. The Labute approximate surface area is 216 Å². The van der Waals surface area contributed by atoms with Crippen LogP contribution in [-0.4, -0.2) is 61.6 Å². The van der Waals surface area contributed by atoms with Gasteiger partial charge in [0.2, 0.25) is 0 Å². The van der Waals surface area contributed by atoms with Crippen molar-refractivity contribution in [2.45, 2.75) is 38.7 Å². The molecule has 2 aliphatic heterocycles. The summed E-state index contributed by atoms with van der Waals surface area (Å²) in [6.45, 7) is 7.35. The number of carbonyl (C=O) groups is 2. The van der Waals surface area contributed by atoms with Crippen LogP contribution >= 0.6 is 11.6 Å². The molecule has 2 aromatic carbocycles. The van der Waals surface area contributed by atoms with E-state index in [0.717, 1.165) is 37.2 Å². The van der Waals surface area contributed by atoms with Crippen molar-refractivity contribution in [3.63, 3.8) is 0 Å². The number of hydrogen-bond donors (Lipinski definition) is 3. The first-order valence-corrected chi connectivity index (χ1v) is 13.0. The standard InChI is InChI=1S/C27H32ClN5O3/c1-16(2)23-15-33(12-13-36-23)26(35)19-4-3-5-22(24(19)28)31-21-9-8-18(14-20(21)17-6-7-17)25(34)32-27-29-10-11-30-27/h3-5,8-9,14,16-17,23,31H,6-7,10-13,15H2,1-2H3,(H2,29,30,32,34). The van der Waals surface area contributed by atoms with Crippen molar-refractivity contribution in [1.29, 1.82) is 0 Å². The highest BCUT2D eigenvalue weighted by Crippen LogP contribution is 2.45. The molecule has 0 radical (unpaired) electrons. The predicted molar refractivity (Wildman–Crippen MR) is 141 cm³/mol. The van der Waals surface area contributed by atoms with E-state index in [1.165, 1.54) is 0 Å². The van der Waals surface area contributed by atoms with Crippen molar-refractivity contribution in [3.8, 4) is 0 Å². The maximum absolute atomic E-state index is 13.3. The molecule has 5 rings (SSSR count). The molecule has 1 saturated carbocycles. The van der Waals surface area contributed by atoms with E-state index in [2.05, 4.69) is 34.8 Å². The molecule has 0 aromatic heterocycles. The number of anilines is 2. The second kappa shape index (κ2) is 10.5. The Morgan fingerprint density at radius 1 is 1.14 bits per heavy atom. The predicted octanol–water partition coefficient (Wildman–Crippen LogP) is 4.15. The second-order valence-electron chi connectivity index (χ2n) is 9.89. The van der Waals surface area contributed by atoms with Crippen LogP contribution in [0.2, 0.25) is 5.02 Å². The van der Waals surface area contributed by atoms with Crippen molar-refractivity contribution < 1.29 is 14.3 Å². The van der Waals surface area contributed by atoms with Crippen LogP contribution < -0.4 is 16.0 Å². The summed E-state index contributed by atoms with van der Waals surface area (Å²) in [7, 11) is 0. The third-order valence-electron chi connectivity index (χ3n) is 6.86. The van der Waals surface area contributed by atoms with E-state index in [4.69, 9.17) is 16.3 Å². The minimum atomic E-state index is -0.281. The van der Waals surface area contributed by atoms with Crippen LogP contribution in [-0.2, 0) is 4.74 Å². The fourth-order valence-corrected chi connectivity index (χ4v) is 4.84. The molecule has 3 N–H and O–H groups in total. The molecule has 0 spiro atoms. The number of carbonyl (C=O) groups excluding carboxylic acids is 2. The molecule has 1 unspecified atom stereocenters. The Balaban J connectivity index is 1.37. The lowest BCUT2D eigenvalue weighted by Crippen LogP contribution is -2.47. The summed E-state index contributed by atoms with van der Waals surface area (Å²) in [5.74, 6) is 0.867. The molecule has 190 valence electrons. The summed E-state index contributed by atoms with van der Waals surface area (Å²) >= 11 is 6.77. The summed E-state index contributed by atoms with van der Waals surface area (Å²) < 4.78 is 5.82. The fraction of sp³-hybridized carbons (Fsp3) is 0.444. The van der Waals surface area contributed by atoms with E-state index in [1.807, 2.05) is 29.2 Å². The van der Waals surface area contributed by atoms with Crippen molar-refractivity contribution in [1.82, 2.24) is 15.5 Å². The molecule has 1 aliphatic carbocycles. The van der Waals surface area contributed by atoms with Crippen LogP contribution in [0, 0.1) is 5.92 Å². The van der Waals surface area contributed by atoms with Crippen molar-refractivity contribution >= 4 is 40.7 Å². The number of ether oxygens (including phenoxy) is 1. The zero-order chi connectivity index (χ0) is 25.2. The maximum Gasteiger partial charge on any atom is 0.280 e. The summed E-state index contributed by atoms with van der Waals surface area (Å²) in [4.78, 5) is 32.0. The highest BCUT2D eigenvalue weighted by Gasteiger charge is 2.30. The minimum Gasteiger partial charge on any atom is -0.374 e. The van der Waals surface area contributed by atoms with Crippen molar-refractivity contribution in [2.75, 3.05) is 38.1 Å². The van der Waals surface area contributed by atoms with Gasteiger partial charge < -0.3 is 25.6 Å². The zero-order valence-electron chi connectivity index (χ0n) is 20.6. The van der Waals surface area contributed by atoms with Gasteiger partial charge in [-0.05, 0) is 60.6 Å². The number of benzene rings is 2. The van der Waals surface area contributed by atoms with Gasteiger partial charge in [0.1, 0.15) is 0 Å². The van der Waals surface area contributed by atoms with Gasteiger partial charge in [-0.15, -0.1) is 0 Å². The van der Waals surface area contributed by atoms with E-state index in [1.54, 1.807) is 12.1 Å². The first-order chi connectivity index (χ1) is 17.4. The number of rotatable bonds is 6. The van der Waals surface area contributed by atoms with E-state index in [0.29, 0.717) is 59.3 Å². The van der Waals surface area contributed by atoms with Crippen LogP contribution in [0.5, 0.6) is 0 Å². The molecule has 2 saturated heterocycles. The van der Waals surface area contributed by atoms with Gasteiger partial charge in [0.25, 0.3) is 11.8 Å². The summed E-state index contributed by atoms with van der Waals surface area (Å²) in [6, 6.07) is 11.1. The molecular weight excluding hydrogens is 478 g/mol. The van der Waals surface area contributed by atoms with Gasteiger partial charge in [-0.25, -0.2) is 0 Å². The molecule has 2 amide bonds. The first kappa shape index (κ1) is 24.6. The fourth-order valence-electron chi connectivity index (χ4n) is 4.58. The van der Waals surface area contributed by atoms with Crippen LogP contribution in [0.4, 0.5) is 11.4 Å². The third-order valence-corrected chi connectivity index (χ3v) is 7.27. The number of amides is 2. The topological polar surface area (TPSA) is 95.1 Å². The Morgan fingerprint density at radius 3 is 2.64 bits per heavy atom. The largest absolute Gasteiger partial charge is 0.374 e. The molecule has 9 heteroatoms. The Kier molecular flexibility index (Phi) is 7.16. The first-order valence-electron chi connectivity index (χ1n) is 12.6. The highest BCUT2D eigenvalue weighted by atomic mass is 35.5. The molecule has 2 aromatic rings. The lowest BCUT2D eigenvalue weighted by atomic mass is 10.0. The highest BCUT2D eigenvalue weighted by molar-refractivity contribution is 6.36. The summed E-state index contributed by atoms with van der Waals surface area (Å²) in [6.07, 6.45) is 2.17. The van der Waals surface area contributed by atoms with Gasteiger partial charge >= 0.3 is 0 Å². The van der Waals surface area contributed by atoms with E-state index >= 15 is 0 Å². The molecule has 2 heterocycles. The number of guanidine groups is 1. The molecule has 36 heavy (non-hydrogen) atoms. The maximum atomic E-state index is 13.3. The van der Waals surface area contributed by atoms with E-state index in [9.17, 15) is 9.59 Å². The van der Waals surface area contributed by atoms with Gasteiger partial charge in [0.15, 0.2) is 5.96 Å². The molecule has 1 atom stereocenters. The number of morpholine rings is 1. The van der Waals surface area contributed by atoms with Gasteiger partial charge in [-0.3, -0.25) is 9.59 Å². The number of aliphatic imine (C=N–C) groups is 1. The average Bonchev–Trinajstić information content (AvgIpc) is 3.61. The van der Waals surface area contributed by atoms with Crippen molar-refractivity contribution in [2.24, 2.45) is 10.9 Å². The lowest BCUT2D eigenvalue weighted by Gasteiger charge is -2.35. The van der Waals surface area contributed by atoms with Gasteiger partial charge in [0.05, 0.1) is 29.0 Å². The Hall–Kier alpha value is -3.10. The molecule has 3 aliphatic rings. The molecular formula is C27H32ClN5O3. The lowest BCUT2D eigenvalue weighted by molar-refractivity contribution is -0.0420. The third kappa shape index (κ3) is 5.34. The smallest absolute Gasteiger partial charge is 0.280 e. The number of hydrogen-bond acceptors (Lipinski definition) is 4. The Morgan fingerprint density at radius 2 is 1.92 bits per heavy atom. The van der Waals surface area contributed by atoms with Crippen LogP contribution in [0.3, 0.4) is 0 Å². The number of nitrogens with zero attached hydrogens (tertiary/aromatic N) is 2. The van der Waals surface area contributed by atoms with Crippen LogP contribution in [0.15, 0.2) is 41.4 Å². The van der Waals surface area contributed by atoms with Crippen LogP contribution in [0.25, 0.3) is 0 Å². The molecule has 0 bridgehead atoms. The molecule has 8 nitrogen and oxygen atoms in total. The minimum absolute atomic E-state index is 0.0236. The van der Waals surface area contributed by atoms with Gasteiger partial charge in [0, 0.05) is 37.4 Å². The second-order valence-corrected chi connectivity index (χ2v) is 10.3. The van der Waals surface area contributed by atoms with E-state index in [-0.39, 0.29) is 17.9 Å². The van der Waals surface area contributed by atoms with Gasteiger partial charge in [-0.2, -0.15) is 4.99 Å². The monoisotopic (exact) mass is 509 g/mol. The summed E-state index contributed by atoms with van der Waals surface area (Å²) in [5, 5.41) is 9.93. The van der Waals surface area contributed by atoms with Crippen molar-refractivity contribution in [3.05, 3.63) is 58.1 Å².